The summed E-state index contributed by atoms with van der Waals surface area (Å²) >= 11 is 3.50. The summed E-state index contributed by atoms with van der Waals surface area (Å²) in [6.45, 7) is 6.62. The van der Waals surface area contributed by atoms with Gasteiger partial charge in [-0.05, 0) is 17.8 Å². The van der Waals surface area contributed by atoms with Crippen molar-refractivity contribution >= 4 is 21.9 Å². The molecule has 0 aliphatic heterocycles. The van der Waals surface area contributed by atoms with Gasteiger partial charge in [0.25, 0.3) is 0 Å². The van der Waals surface area contributed by atoms with Crippen LogP contribution in [-0.4, -0.2) is 27.6 Å². The summed E-state index contributed by atoms with van der Waals surface area (Å²) in [7, 11) is 0. The van der Waals surface area contributed by atoms with E-state index in [1.807, 2.05) is 0 Å². The van der Waals surface area contributed by atoms with Crippen LogP contribution < -0.4 is 0 Å². The number of hydrogen-bond donors (Lipinski definition) is 2. The third-order valence-corrected chi connectivity index (χ3v) is 4.71. The van der Waals surface area contributed by atoms with Crippen molar-refractivity contribution in [3.05, 3.63) is 0 Å². The maximum absolute atomic E-state index is 10.3. The molecule has 16 heavy (non-hydrogen) atoms. The second-order valence-corrected chi connectivity index (χ2v) is 5.77. The number of carboxylic acids is 1. The van der Waals surface area contributed by atoms with Crippen molar-refractivity contribution in [1.82, 2.24) is 0 Å². The van der Waals surface area contributed by atoms with E-state index in [1.54, 1.807) is 0 Å². The molecule has 0 aliphatic carbocycles. The van der Waals surface area contributed by atoms with Crippen LogP contribution in [0.2, 0.25) is 0 Å². The van der Waals surface area contributed by atoms with E-state index in [0.29, 0.717) is 12.3 Å². The molecule has 3 nitrogen and oxygen atoms in total. The van der Waals surface area contributed by atoms with E-state index in [0.717, 1.165) is 18.2 Å². The van der Waals surface area contributed by atoms with Gasteiger partial charge in [0.05, 0.1) is 12.5 Å². The average Bonchev–Trinajstić information content (AvgIpc) is 2.16. The van der Waals surface area contributed by atoms with Crippen LogP contribution in [0.4, 0.5) is 0 Å². The minimum Gasteiger partial charge on any atom is -0.481 e. The summed E-state index contributed by atoms with van der Waals surface area (Å²) in [5.74, 6) is -0.370. The van der Waals surface area contributed by atoms with E-state index >= 15 is 0 Å². The number of rotatable bonds is 8. The lowest BCUT2D eigenvalue weighted by atomic mass is 9.79. The highest BCUT2D eigenvalue weighted by Gasteiger charge is 2.24. The fourth-order valence-electron chi connectivity index (χ4n) is 1.49. The first-order valence-corrected chi connectivity index (χ1v) is 6.87. The molecule has 0 radical (unpaired) electrons. The van der Waals surface area contributed by atoms with E-state index in [9.17, 15) is 9.90 Å². The summed E-state index contributed by atoms with van der Waals surface area (Å²) in [6, 6.07) is 0. The first-order chi connectivity index (χ1) is 7.29. The monoisotopic (exact) mass is 294 g/mol. The van der Waals surface area contributed by atoms with Crippen molar-refractivity contribution in [3.63, 3.8) is 0 Å². The predicted octanol–water partition coefficient (Wildman–Crippen LogP) is 3.05. The second kappa shape index (κ2) is 7.28. The number of aliphatic hydroxyl groups is 1. The molecule has 0 saturated carbocycles. The zero-order valence-corrected chi connectivity index (χ0v) is 12.0. The van der Waals surface area contributed by atoms with Crippen LogP contribution in [0.15, 0.2) is 0 Å². The Balaban J connectivity index is 3.77. The lowest BCUT2D eigenvalue weighted by Crippen LogP contribution is -2.23. The number of hydrogen-bond acceptors (Lipinski definition) is 2. The van der Waals surface area contributed by atoms with Crippen LogP contribution in [-0.2, 0) is 4.79 Å². The highest BCUT2D eigenvalue weighted by atomic mass is 79.9. The van der Waals surface area contributed by atoms with Crippen LogP contribution in [0.5, 0.6) is 0 Å². The Labute approximate surface area is 106 Å². The fourth-order valence-corrected chi connectivity index (χ4v) is 2.04. The van der Waals surface area contributed by atoms with Crippen molar-refractivity contribution in [1.29, 1.82) is 0 Å². The molecule has 2 unspecified atom stereocenters. The highest BCUT2D eigenvalue weighted by Crippen LogP contribution is 2.32. The molecule has 96 valence electrons. The lowest BCUT2D eigenvalue weighted by Gasteiger charge is -2.30. The molecule has 0 aromatic heterocycles. The summed E-state index contributed by atoms with van der Waals surface area (Å²) in [6.07, 6.45) is 1.64. The molecule has 4 heteroatoms. The summed E-state index contributed by atoms with van der Waals surface area (Å²) < 4.78 is 0. The summed E-state index contributed by atoms with van der Waals surface area (Å²) in [5.41, 5.74) is 0.248. The Morgan fingerprint density at radius 3 is 2.38 bits per heavy atom. The Hall–Kier alpha value is -0.0900. The van der Waals surface area contributed by atoms with Gasteiger partial charge >= 0.3 is 5.97 Å². The van der Waals surface area contributed by atoms with E-state index < -0.39 is 12.1 Å². The Bertz CT molecular complexity index is 216. The first kappa shape index (κ1) is 15.9. The number of alkyl halides is 1. The SMILES string of the molecule is CC(CCCC(O)CC(=O)O)C(C)(C)CBr. The lowest BCUT2D eigenvalue weighted by molar-refractivity contribution is -0.139. The normalized spacial score (nSPS) is 15.8. The molecule has 0 heterocycles. The molecule has 0 aromatic rings. The molecule has 0 aromatic carbocycles. The van der Waals surface area contributed by atoms with Crippen LogP contribution in [0.25, 0.3) is 0 Å². The molecule has 0 rings (SSSR count). The number of carbonyl (C=O) groups is 1. The van der Waals surface area contributed by atoms with Gasteiger partial charge in [-0.1, -0.05) is 49.5 Å². The Kier molecular flexibility index (Phi) is 7.24. The number of aliphatic carboxylic acids is 1. The van der Waals surface area contributed by atoms with Gasteiger partial charge in [-0.15, -0.1) is 0 Å². The quantitative estimate of drug-likeness (QED) is 0.677. The number of aliphatic hydroxyl groups excluding tert-OH is 1. The largest absolute Gasteiger partial charge is 0.481 e. The predicted molar refractivity (Wildman–Crippen MR) is 68.8 cm³/mol. The highest BCUT2D eigenvalue weighted by molar-refractivity contribution is 9.09. The van der Waals surface area contributed by atoms with Crippen molar-refractivity contribution in [2.75, 3.05) is 5.33 Å². The molecule has 2 atom stereocenters. The average molecular weight is 295 g/mol. The smallest absolute Gasteiger partial charge is 0.305 e. The van der Waals surface area contributed by atoms with Crippen LogP contribution in [0, 0.1) is 11.3 Å². The molecular formula is C12H23BrO3. The van der Waals surface area contributed by atoms with Crippen molar-refractivity contribution in [2.24, 2.45) is 11.3 Å². The first-order valence-electron chi connectivity index (χ1n) is 5.75. The maximum Gasteiger partial charge on any atom is 0.305 e. The molecule has 0 saturated heterocycles. The topological polar surface area (TPSA) is 57.5 Å². The second-order valence-electron chi connectivity index (χ2n) is 5.21. The number of halogens is 1. The Morgan fingerprint density at radius 2 is 1.94 bits per heavy atom. The third-order valence-electron chi connectivity index (χ3n) is 3.26. The fraction of sp³-hybridized carbons (Fsp3) is 0.917. The van der Waals surface area contributed by atoms with Crippen molar-refractivity contribution in [2.45, 2.75) is 52.6 Å². The van der Waals surface area contributed by atoms with E-state index in [1.165, 1.54) is 0 Å². The third kappa shape index (κ3) is 6.48. The summed E-state index contributed by atoms with van der Waals surface area (Å²) in [4.78, 5) is 10.3. The van der Waals surface area contributed by atoms with Gasteiger partial charge in [0.1, 0.15) is 0 Å². The zero-order chi connectivity index (χ0) is 12.8. The van der Waals surface area contributed by atoms with Gasteiger partial charge in [-0.2, -0.15) is 0 Å². The summed E-state index contributed by atoms with van der Waals surface area (Å²) in [5, 5.41) is 18.9. The molecule has 2 N–H and O–H groups in total. The van der Waals surface area contributed by atoms with Crippen LogP contribution in [0.3, 0.4) is 0 Å². The molecule has 0 fully saturated rings. The maximum atomic E-state index is 10.3. The minimum absolute atomic E-state index is 0.143. The molecule has 0 spiro atoms. The Morgan fingerprint density at radius 1 is 1.38 bits per heavy atom. The zero-order valence-electron chi connectivity index (χ0n) is 10.4. The van der Waals surface area contributed by atoms with E-state index in [4.69, 9.17) is 5.11 Å². The molecule has 0 bridgehead atoms. The van der Waals surface area contributed by atoms with E-state index in [2.05, 4.69) is 36.7 Å². The molecular weight excluding hydrogens is 272 g/mol. The van der Waals surface area contributed by atoms with Crippen LogP contribution >= 0.6 is 15.9 Å². The van der Waals surface area contributed by atoms with Crippen LogP contribution in [0.1, 0.15) is 46.5 Å². The minimum atomic E-state index is -0.929. The van der Waals surface area contributed by atoms with Gasteiger partial charge in [0, 0.05) is 5.33 Å². The van der Waals surface area contributed by atoms with E-state index in [-0.39, 0.29) is 11.8 Å². The van der Waals surface area contributed by atoms with Crippen molar-refractivity contribution < 1.29 is 15.0 Å². The van der Waals surface area contributed by atoms with Gasteiger partial charge in [-0.25, -0.2) is 0 Å². The van der Waals surface area contributed by atoms with Gasteiger partial charge in [0.15, 0.2) is 0 Å². The molecule has 0 amide bonds. The van der Waals surface area contributed by atoms with Gasteiger partial charge < -0.3 is 10.2 Å². The number of carboxylic acid groups (broad SMARTS) is 1. The van der Waals surface area contributed by atoms with Gasteiger partial charge in [-0.3, -0.25) is 4.79 Å². The molecule has 0 aliphatic rings. The van der Waals surface area contributed by atoms with Gasteiger partial charge in [0.2, 0.25) is 0 Å². The van der Waals surface area contributed by atoms with Crippen molar-refractivity contribution in [3.8, 4) is 0 Å². The standard InChI is InChI=1S/C12H23BrO3/c1-9(12(2,3)8-13)5-4-6-10(14)7-11(15)16/h9-10,14H,4-8H2,1-3H3,(H,15,16).